The fraction of sp³-hybridized carbons (Fsp3) is 0.176. The van der Waals surface area contributed by atoms with E-state index in [0.717, 1.165) is 0 Å². The van der Waals surface area contributed by atoms with Gasteiger partial charge in [-0.15, -0.1) is 0 Å². The second-order valence-corrected chi connectivity index (χ2v) is 9.60. The van der Waals surface area contributed by atoms with Crippen LogP contribution in [0.1, 0.15) is 12.3 Å². The summed E-state index contributed by atoms with van der Waals surface area (Å²) in [6, 6.07) is -3.94. The summed E-state index contributed by atoms with van der Waals surface area (Å²) in [6.07, 6.45) is 0. The second kappa shape index (κ2) is 4.39. The highest BCUT2D eigenvalue weighted by molar-refractivity contribution is 6.70. The first-order valence-electron chi connectivity index (χ1n) is 10.4. The van der Waals surface area contributed by atoms with Crippen molar-refractivity contribution in [1.29, 1.82) is 0 Å². The van der Waals surface area contributed by atoms with Crippen LogP contribution in [0.15, 0.2) is 54.4 Å². The Morgan fingerprint density at radius 1 is 0.842 bits per heavy atom. The minimum absolute atomic E-state index is 0.0964. The van der Waals surface area contributed by atoms with Gasteiger partial charge in [0.2, 0.25) is 8.32 Å². The fourth-order valence-electron chi connectivity index (χ4n) is 1.75. The molecule has 0 aromatic heterocycles. The first kappa shape index (κ1) is 5.67. The number of hydrogen-bond acceptors (Lipinski definition) is 1. The van der Waals surface area contributed by atoms with Crippen molar-refractivity contribution in [3.05, 3.63) is 54.4 Å². The van der Waals surface area contributed by atoms with Gasteiger partial charge in [-0.25, -0.2) is 0 Å². The predicted octanol–water partition coefficient (Wildman–Crippen LogP) is 5.21. The largest absolute Gasteiger partial charge is 0.544 e. The highest BCUT2D eigenvalue weighted by Gasteiger charge is 2.16. The standard InChI is InChI=1S/C17H18OSi/c1-19(2,3)18-15-10-11-17-14(12-15)9-8-13-6-4-5-7-16(13)17/h4-12H,1-3H3/i4D,5D,6D,7D,8D,9D,10D,11D,12D. The maximum Gasteiger partial charge on any atom is 0.242 e. The maximum absolute atomic E-state index is 8.49. The lowest BCUT2D eigenvalue weighted by Gasteiger charge is -2.19. The Labute approximate surface area is 127 Å². The van der Waals surface area contributed by atoms with Gasteiger partial charge >= 0.3 is 0 Å². The summed E-state index contributed by atoms with van der Waals surface area (Å²) in [4.78, 5) is 0. The van der Waals surface area contributed by atoms with E-state index in [9.17, 15) is 0 Å². The monoisotopic (exact) mass is 275 g/mol. The summed E-state index contributed by atoms with van der Waals surface area (Å²) in [7, 11) is -2.25. The van der Waals surface area contributed by atoms with Crippen LogP contribution in [0.3, 0.4) is 0 Å². The Morgan fingerprint density at radius 2 is 1.53 bits per heavy atom. The molecule has 96 valence electrons. The first-order chi connectivity index (χ1) is 12.8. The summed E-state index contributed by atoms with van der Waals surface area (Å²) >= 11 is 0. The third kappa shape index (κ3) is 2.49. The zero-order chi connectivity index (χ0) is 21.3. The van der Waals surface area contributed by atoms with Gasteiger partial charge in [-0.05, 0) is 53.3 Å². The van der Waals surface area contributed by atoms with E-state index in [1.54, 1.807) is 0 Å². The lowest BCUT2D eigenvalue weighted by molar-refractivity contribution is 0.559. The Balaban J connectivity index is 2.70. The molecular formula is C17H18OSi. The van der Waals surface area contributed by atoms with Crippen LogP contribution in [0.4, 0.5) is 0 Å². The summed E-state index contributed by atoms with van der Waals surface area (Å²) in [5.41, 5.74) is 0. The molecular weight excluding hydrogens is 248 g/mol. The van der Waals surface area contributed by atoms with Gasteiger partial charge < -0.3 is 4.43 Å². The van der Waals surface area contributed by atoms with Crippen LogP contribution in [0.2, 0.25) is 19.6 Å². The summed E-state index contributed by atoms with van der Waals surface area (Å²) < 4.78 is 79.8. The smallest absolute Gasteiger partial charge is 0.242 e. The molecule has 3 aromatic carbocycles. The molecule has 0 amide bonds. The van der Waals surface area contributed by atoms with E-state index in [2.05, 4.69) is 0 Å². The number of fused-ring (bicyclic) bond motifs is 3. The quantitative estimate of drug-likeness (QED) is 0.461. The van der Waals surface area contributed by atoms with Crippen LogP contribution >= 0.6 is 0 Å². The number of rotatable bonds is 2. The van der Waals surface area contributed by atoms with Crippen LogP contribution in [-0.2, 0) is 0 Å². The van der Waals surface area contributed by atoms with Crippen molar-refractivity contribution in [3.63, 3.8) is 0 Å². The first-order valence-corrected chi connectivity index (χ1v) is 9.32. The van der Waals surface area contributed by atoms with E-state index in [0.29, 0.717) is 0 Å². The fourth-order valence-corrected chi connectivity index (χ4v) is 2.46. The lowest BCUT2D eigenvalue weighted by Crippen LogP contribution is -2.29. The molecule has 0 heterocycles. The molecule has 0 aliphatic rings. The molecule has 0 bridgehead atoms. The van der Waals surface area contributed by atoms with Gasteiger partial charge in [0.05, 0.1) is 12.3 Å². The van der Waals surface area contributed by atoms with E-state index in [1.807, 2.05) is 19.6 Å². The number of benzene rings is 3. The van der Waals surface area contributed by atoms with E-state index in [4.69, 9.17) is 16.8 Å². The molecule has 0 atom stereocenters. The molecule has 1 nitrogen and oxygen atoms in total. The van der Waals surface area contributed by atoms with Crippen molar-refractivity contribution in [2.24, 2.45) is 0 Å². The third-order valence-corrected chi connectivity index (χ3v) is 3.26. The van der Waals surface area contributed by atoms with Gasteiger partial charge in [-0.1, -0.05) is 42.3 Å². The zero-order valence-corrected chi connectivity index (χ0v) is 11.9. The normalized spacial score (nSPS) is 18.6. The molecule has 0 N–H and O–H groups in total. The van der Waals surface area contributed by atoms with Gasteiger partial charge in [0.15, 0.2) is 0 Å². The van der Waals surface area contributed by atoms with Crippen molar-refractivity contribution in [2.45, 2.75) is 19.6 Å². The molecule has 0 aliphatic carbocycles. The highest BCUT2D eigenvalue weighted by atomic mass is 28.4. The van der Waals surface area contributed by atoms with Crippen LogP contribution in [-0.4, -0.2) is 8.32 Å². The molecule has 0 saturated carbocycles. The van der Waals surface area contributed by atoms with E-state index in [1.165, 1.54) is 0 Å². The lowest BCUT2D eigenvalue weighted by atomic mass is 10.0. The van der Waals surface area contributed by atoms with E-state index in [-0.39, 0.29) is 45.4 Å². The van der Waals surface area contributed by atoms with Crippen LogP contribution in [0, 0.1) is 0 Å². The van der Waals surface area contributed by atoms with Gasteiger partial charge in [-0.3, -0.25) is 0 Å². The third-order valence-electron chi connectivity index (χ3n) is 2.45. The molecule has 0 fully saturated rings. The minimum atomic E-state index is -2.25. The average molecular weight is 275 g/mol. The molecule has 3 rings (SSSR count). The highest BCUT2D eigenvalue weighted by Crippen LogP contribution is 2.29. The number of hydrogen-bond donors (Lipinski definition) is 0. The van der Waals surface area contributed by atoms with Crippen molar-refractivity contribution < 1.29 is 16.8 Å². The molecule has 0 radical (unpaired) electrons. The van der Waals surface area contributed by atoms with Crippen LogP contribution < -0.4 is 4.43 Å². The van der Waals surface area contributed by atoms with Gasteiger partial charge in [-0.2, -0.15) is 0 Å². The minimum Gasteiger partial charge on any atom is -0.544 e. The molecule has 3 aromatic rings. The summed E-state index contributed by atoms with van der Waals surface area (Å²) in [5.74, 6) is -0.134. The summed E-state index contributed by atoms with van der Waals surface area (Å²) in [6.45, 7) is 5.57. The Bertz CT molecular complexity index is 1170. The molecule has 2 heteroatoms. The van der Waals surface area contributed by atoms with E-state index >= 15 is 0 Å². The van der Waals surface area contributed by atoms with E-state index < -0.39 is 44.6 Å². The van der Waals surface area contributed by atoms with Crippen molar-refractivity contribution in [2.75, 3.05) is 0 Å². The van der Waals surface area contributed by atoms with Gasteiger partial charge in [0.25, 0.3) is 0 Å². The molecule has 0 spiro atoms. The van der Waals surface area contributed by atoms with Crippen molar-refractivity contribution in [3.8, 4) is 5.75 Å². The van der Waals surface area contributed by atoms with Crippen LogP contribution in [0.5, 0.6) is 5.75 Å². The van der Waals surface area contributed by atoms with Crippen molar-refractivity contribution >= 4 is 29.9 Å². The molecule has 19 heavy (non-hydrogen) atoms. The average Bonchev–Trinajstić information content (AvgIpc) is 2.60. The predicted molar refractivity (Wildman–Crippen MR) is 85.4 cm³/mol. The summed E-state index contributed by atoms with van der Waals surface area (Å²) in [5, 5.41) is -0.513. The van der Waals surface area contributed by atoms with Gasteiger partial charge in [0.1, 0.15) is 5.75 Å². The van der Waals surface area contributed by atoms with Gasteiger partial charge in [0, 0.05) is 0 Å². The zero-order valence-electron chi connectivity index (χ0n) is 19.9. The Hall–Kier alpha value is -1.80. The SMILES string of the molecule is [2H]c1c([2H])c([2H])c2c(c1[2H])c([2H])c([2H])c1c([2H])c(O[Si](C)(C)C)c([2H])c([2H])c12. The Morgan fingerprint density at radius 3 is 2.32 bits per heavy atom. The molecule has 0 saturated heterocycles. The second-order valence-electron chi connectivity index (χ2n) is 5.17. The maximum atomic E-state index is 8.49. The Kier molecular flexibility index (Phi) is 1.31. The molecule has 0 aliphatic heterocycles. The topological polar surface area (TPSA) is 9.23 Å². The van der Waals surface area contributed by atoms with Crippen LogP contribution in [0.25, 0.3) is 21.5 Å². The van der Waals surface area contributed by atoms with Crippen molar-refractivity contribution in [1.82, 2.24) is 0 Å². The molecule has 0 unspecified atom stereocenters.